The first-order valence-electron chi connectivity index (χ1n) is 7.82. The van der Waals surface area contributed by atoms with E-state index >= 15 is 0 Å². The highest BCUT2D eigenvalue weighted by molar-refractivity contribution is 7.89. The Hall–Kier alpha value is -1.80. The van der Waals surface area contributed by atoms with Gasteiger partial charge in [-0.05, 0) is 29.7 Å². The Balaban J connectivity index is 2.22. The second kappa shape index (κ2) is 7.40. The van der Waals surface area contributed by atoms with Crippen LogP contribution in [0.15, 0.2) is 23.1 Å². The Morgan fingerprint density at radius 3 is 2.25 bits per heavy atom. The quantitative estimate of drug-likeness (QED) is 0.823. The molecule has 0 bridgehead atoms. The van der Waals surface area contributed by atoms with Gasteiger partial charge in [0.2, 0.25) is 10.0 Å². The molecule has 1 aromatic carbocycles. The van der Waals surface area contributed by atoms with Crippen molar-refractivity contribution in [2.45, 2.75) is 24.7 Å². The summed E-state index contributed by atoms with van der Waals surface area (Å²) in [6.07, 6.45) is -0.432. The molecule has 0 unspecified atom stereocenters. The minimum absolute atomic E-state index is 0.145. The maximum absolute atomic E-state index is 12.9. The van der Waals surface area contributed by atoms with Gasteiger partial charge in [0.25, 0.3) is 0 Å². The molecule has 1 fully saturated rings. The zero-order chi connectivity index (χ0) is 17.9. The van der Waals surface area contributed by atoms with Crippen LogP contribution in [0.5, 0.6) is 5.75 Å². The fourth-order valence-corrected chi connectivity index (χ4v) is 4.17. The van der Waals surface area contributed by atoms with Gasteiger partial charge in [0.1, 0.15) is 5.75 Å². The van der Waals surface area contributed by atoms with Gasteiger partial charge in [-0.25, -0.2) is 13.2 Å². The van der Waals surface area contributed by atoms with Gasteiger partial charge in [0.05, 0.1) is 19.1 Å². The number of hydrogen-bond acceptors (Lipinski definition) is 5. The zero-order valence-corrected chi connectivity index (χ0v) is 15.3. The second-order valence-corrected chi connectivity index (χ2v) is 7.86. The number of methoxy groups -OCH3 is 2. The number of hydrogen-bond donors (Lipinski definition) is 0. The molecule has 1 aliphatic heterocycles. The van der Waals surface area contributed by atoms with E-state index in [2.05, 4.69) is 4.74 Å². The first-order chi connectivity index (χ1) is 11.3. The Labute approximate surface area is 143 Å². The maximum Gasteiger partial charge on any atom is 0.409 e. The predicted molar refractivity (Wildman–Crippen MR) is 89.8 cm³/mol. The molecule has 0 aromatic heterocycles. The molecule has 1 aliphatic rings. The molecule has 0 saturated carbocycles. The highest BCUT2D eigenvalue weighted by Crippen LogP contribution is 2.30. The van der Waals surface area contributed by atoms with Crippen LogP contribution in [0.2, 0.25) is 0 Å². The summed E-state index contributed by atoms with van der Waals surface area (Å²) in [5, 5.41) is 0. The zero-order valence-electron chi connectivity index (χ0n) is 14.5. The van der Waals surface area contributed by atoms with E-state index in [0.717, 1.165) is 5.56 Å². The van der Waals surface area contributed by atoms with Crippen molar-refractivity contribution in [2.75, 3.05) is 40.4 Å². The average Bonchev–Trinajstić information content (AvgIpc) is 2.60. The maximum atomic E-state index is 12.9. The SMILES string of the molecule is COC(=O)N1CCN(S(=O)(=O)c2ccc(OC)c(C(C)C)c2)CC1. The molecule has 134 valence electrons. The van der Waals surface area contributed by atoms with E-state index < -0.39 is 16.1 Å². The molecule has 1 heterocycles. The summed E-state index contributed by atoms with van der Waals surface area (Å²) < 4.78 is 37.1. The van der Waals surface area contributed by atoms with E-state index in [1.54, 1.807) is 25.3 Å². The molecule has 2 rings (SSSR count). The van der Waals surface area contributed by atoms with Gasteiger partial charge >= 0.3 is 6.09 Å². The van der Waals surface area contributed by atoms with Gasteiger partial charge in [-0.2, -0.15) is 4.31 Å². The number of carbonyl (C=O) groups excluding carboxylic acids is 1. The lowest BCUT2D eigenvalue weighted by Crippen LogP contribution is -2.50. The molecule has 1 amide bonds. The third-order valence-corrected chi connectivity index (χ3v) is 6.03. The third kappa shape index (κ3) is 3.64. The van der Waals surface area contributed by atoms with Gasteiger partial charge in [0.15, 0.2) is 0 Å². The summed E-state index contributed by atoms with van der Waals surface area (Å²) in [4.78, 5) is 13.3. The molecular formula is C16H24N2O5S. The van der Waals surface area contributed by atoms with E-state index in [9.17, 15) is 13.2 Å². The minimum atomic E-state index is -3.60. The van der Waals surface area contributed by atoms with Gasteiger partial charge < -0.3 is 14.4 Å². The Morgan fingerprint density at radius 1 is 1.12 bits per heavy atom. The van der Waals surface area contributed by atoms with Crippen LogP contribution >= 0.6 is 0 Å². The molecule has 1 saturated heterocycles. The lowest BCUT2D eigenvalue weighted by Gasteiger charge is -2.33. The molecule has 0 atom stereocenters. The van der Waals surface area contributed by atoms with Crippen molar-refractivity contribution in [3.05, 3.63) is 23.8 Å². The highest BCUT2D eigenvalue weighted by Gasteiger charge is 2.31. The first kappa shape index (κ1) is 18.5. The lowest BCUT2D eigenvalue weighted by molar-refractivity contribution is 0.108. The number of nitrogens with zero attached hydrogens (tertiary/aromatic N) is 2. The van der Waals surface area contributed by atoms with E-state index in [-0.39, 0.29) is 23.9 Å². The molecule has 0 radical (unpaired) electrons. The van der Waals surface area contributed by atoms with Crippen molar-refractivity contribution in [2.24, 2.45) is 0 Å². The normalized spacial score (nSPS) is 16.3. The van der Waals surface area contributed by atoms with E-state index in [1.165, 1.54) is 16.3 Å². The fraction of sp³-hybridized carbons (Fsp3) is 0.562. The molecule has 1 aromatic rings. The van der Waals surface area contributed by atoms with Gasteiger partial charge in [0, 0.05) is 26.2 Å². The summed E-state index contributed by atoms with van der Waals surface area (Å²) in [6.45, 7) is 5.12. The van der Waals surface area contributed by atoms with Crippen LogP contribution < -0.4 is 4.74 Å². The predicted octanol–water partition coefficient (Wildman–Crippen LogP) is 1.89. The molecular weight excluding hydrogens is 332 g/mol. The average molecular weight is 356 g/mol. The number of amides is 1. The number of carbonyl (C=O) groups is 1. The summed E-state index contributed by atoms with van der Waals surface area (Å²) in [6, 6.07) is 4.92. The molecule has 0 aliphatic carbocycles. The lowest BCUT2D eigenvalue weighted by atomic mass is 10.0. The number of ether oxygens (including phenoxy) is 2. The number of rotatable bonds is 4. The highest BCUT2D eigenvalue weighted by atomic mass is 32.2. The van der Waals surface area contributed by atoms with Crippen LogP contribution in [-0.4, -0.2) is 64.1 Å². The van der Waals surface area contributed by atoms with Gasteiger partial charge in [-0.15, -0.1) is 0 Å². The summed E-state index contributed by atoms with van der Waals surface area (Å²) in [7, 11) is -0.713. The van der Waals surface area contributed by atoms with Crippen molar-refractivity contribution in [3.63, 3.8) is 0 Å². The Kier molecular flexibility index (Phi) is 5.71. The van der Waals surface area contributed by atoms with Crippen molar-refractivity contribution in [1.82, 2.24) is 9.21 Å². The third-order valence-electron chi connectivity index (χ3n) is 4.13. The fourth-order valence-electron chi connectivity index (χ4n) is 2.71. The van der Waals surface area contributed by atoms with E-state index in [4.69, 9.17) is 4.74 Å². The van der Waals surface area contributed by atoms with Crippen LogP contribution in [0.3, 0.4) is 0 Å². The molecule has 8 heteroatoms. The number of sulfonamides is 1. The van der Waals surface area contributed by atoms with E-state index in [0.29, 0.717) is 18.8 Å². The monoisotopic (exact) mass is 356 g/mol. The van der Waals surface area contributed by atoms with Gasteiger partial charge in [-0.1, -0.05) is 13.8 Å². The largest absolute Gasteiger partial charge is 0.496 e. The van der Waals surface area contributed by atoms with Crippen molar-refractivity contribution in [3.8, 4) is 5.75 Å². The van der Waals surface area contributed by atoms with Crippen LogP contribution in [-0.2, 0) is 14.8 Å². The van der Waals surface area contributed by atoms with Crippen LogP contribution in [0, 0.1) is 0 Å². The minimum Gasteiger partial charge on any atom is -0.496 e. The summed E-state index contributed by atoms with van der Waals surface area (Å²) >= 11 is 0. The standard InChI is InChI=1S/C16H24N2O5S/c1-12(2)14-11-13(5-6-15(14)22-3)24(20,21)18-9-7-17(8-10-18)16(19)23-4/h5-6,11-12H,7-10H2,1-4H3. The van der Waals surface area contributed by atoms with Crippen LogP contribution in [0.1, 0.15) is 25.3 Å². The molecule has 7 nitrogen and oxygen atoms in total. The van der Waals surface area contributed by atoms with Crippen molar-refractivity contribution >= 4 is 16.1 Å². The number of piperazine rings is 1. The van der Waals surface area contributed by atoms with E-state index in [1.807, 2.05) is 13.8 Å². The Morgan fingerprint density at radius 2 is 1.75 bits per heavy atom. The number of benzene rings is 1. The molecule has 0 N–H and O–H groups in total. The van der Waals surface area contributed by atoms with Gasteiger partial charge in [-0.3, -0.25) is 0 Å². The molecule has 24 heavy (non-hydrogen) atoms. The van der Waals surface area contributed by atoms with Crippen LogP contribution in [0.25, 0.3) is 0 Å². The summed E-state index contributed by atoms with van der Waals surface area (Å²) in [5.41, 5.74) is 0.853. The van der Waals surface area contributed by atoms with Crippen LogP contribution in [0.4, 0.5) is 4.79 Å². The smallest absolute Gasteiger partial charge is 0.409 e. The van der Waals surface area contributed by atoms with Crippen molar-refractivity contribution in [1.29, 1.82) is 0 Å². The molecule has 0 spiro atoms. The topological polar surface area (TPSA) is 76.2 Å². The second-order valence-electron chi connectivity index (χ2n) is 5.92. The summed E-state index contributed by atoms with van der Waals surface area (Å²) in [5.74, 6) is 0.825. The Bertz CT molecular complexity index is 694. The first-order valence-corrected chi connectivity index (χ1v) is 9.26. The van der Waals surface area contributed by atoms with Crippen molar-refractivity contribution < 1.29 is 22.7 Å².